The monoisotopic (exact) mass is 1400 g/mol. The van der Waals surface area contributed by atoms with Gasteiger partial charge in [0.05, 0.1) is 26.4 Å². The summed E-state index contributed by atoms with van der Waals surface area (Å²) in [6.45, 7) is 9.59. The maximum absolute atomic E-state index is 13.1. The van der Waals surface area contributed by atoms with Crippen molar-refractivity contribution in [3.05, 3.63) is 0 Å². The molecule has 17 nitrogen and oxygen atoms in total. The topological polar surface area (TPSA) is 237 Å². The number of hydrogen-bond donors (Lipinski definition) is 3. The predicted octanol–water partition coefficient (Wildman–Crippen LogP) is 22.3. The van der Waals surface area contributed by atoms with E-state index < -0.39 is 97.5 Å². The number of phosphoric ester groups is 2. The van der Waals surface area contributed by atoms with Crippen LogP contribution in [0.2, 0.25) is 0 Å². The van der Waals surface area contributed by atoms with Crippen LogP contribution >= 0.6 is 15.6 Å². The molecule has 0 radical (unpaired) electrons. The van der Waals surface area contributed by atoms with Gasteiger partial charge in [0.25, 0.3) is 0 Å². The first-order chi connectivity index (χ1) is 45.9. The Balaban J connectivity index is 5.24. The molecular formula is C76H148O17P2. The lowest BCUT2D eigenvalue weighted by atomic mass is 10.0. The van der Waals surface area contributed by atoms with E-state index in [-0.39, 0.29) is 25.7 Å². The second-order valence-electron chi connectivity index (χ2n) is 28.3. The summed E-state index contributed by atoms with van der Waals surface area (Å²) in [6.07, 6.45) is 55.4. The Morgan fingerprint density at radius 3 is 0.716 bits per heavy atom. The number of aliphatic hydroxyl groups excluding tert-OH is 1. The normalized spacial score (nSPS) is 14.0. The summed E-state index contributed by atoms with van der Waals surface area (Å²) in [5, 5.41) is 10.6. The van der Waals surface area contributed by atoms with Crippen LogP contribution in [0.5, 0.6) is 0 Å². The number of carbonyl (C=O) groups excluding carboxylic acids is 4. The Kier molecular flexibility index (Phi) is 66.5. The third-order valence-corrected chi connectivity index (χ3v) is 19.6. The number of phosphoric acid groups is 2. The van der Waals surface area contributed by atoms with Gasteiger partial charge in [-0.2, -0.15) is 0 Å². The molecule has 0 aromatic rings. The quantitative estimate of drug-likeness (QED) is 0.0222. The van der Waals surface area contributed by atoms with Gasteiger partial charge >= 0.3 is 39.5 Å². The largest absolute Gasteiger partial charge is 0.472 e. The van der Waals surface area contributed by atoms with Gasteiger partial charge in [-0.15, -0.1) is 0 Å². The fraction of sp³-hybridized carbons (Fsp3) is 0.947. The van der Waals surface area contributed by atoms with Gasteiger partial charge in [0.15, 0.2) is 12.2 Å². The van der Waals surface area contributed by atoms with Crippen molar-refractivity contribution < 1.29 is 80.2 Å². The number of esters is 4. The number of unbranched alkanes of at least 4 members (excludes halogenated alkanes) is 45. The molecule has 0 aromatic heterocycles. The lowest BCUT2D eigenvalue weighted by Gasteiger charge is -2.21. The van der Waals surface area contributed by atoms with Crippen molar-refractivity contribution in [1.82, 2.24) is 0 Å². The lowest BCUT2D eigenvalue weighted by molar-refractivity contribution is -0.161. The van der Waals surface area contributed by atoms with E-state index in [0.29, 0.717) is 25.7 Å². The fourth-order valence-corrected chi connectivity index (χ4v) is 13.2. The van der Waals surface area contributed by atoms with Crippen LogP contribution in [0.1, 0.15) is 395 Å². The Hall–Kier alpha value is -1.94. The third kappa shape index (κ3) is 70.3. The highest BCUT2D eigenvalue weighted by atomic mass is 31.2. The molecule has 5 atom stereocenters. The molecule has 0 saturated carbocycles. The molecule has 3 N–H and O–H groups in total. The van der Waals surface area contributed by atoms with Gasteiger partial charge in [0.1, 0.15) is 19.3 Å². The molecular weight excluding hydrogens is 1250 g/mol. The molecule has 0 rings (SSSR count). The molecule has 0 amide bonds. The second-order valence-corrected chi connectivity index (χ2v) is 31.3. The average Bonchev–Trinajstić information content (AvgIpc) is 2.89. The van der Waals surface area contributed by atoms with E-state index in [4.69, 9.17) is 37.0 Å². The SMILES string of the molecule is CCCCCCCCCCCCCCCCC(=O)OC[C@H](COP(=O)(O)OC[C@@H](O)COP(=O)(O)OC[C@@H](COC(=O)CCCCCCCCCCC(C)C)OC(=O)CCCCCCCCCCCCCC)OC(=O)CCCCCCCCCCCCCCCCCC(C)C. The van der Waals surface area contributed by atoms with Gasteiger partial charge < -0.3 is 33.8 Å². The first kappa shape index (κ1) is 93.1. The minimum atomic E-state index is -4.96. The molecule has 95 heavy (non-hydrogen) atoms. The van der Waals surface area contributed by atoms with E-state index in [1.54, 1.807) is 0 Å². The van der Waals surface area contributed by atoms with Crippen molar-refractivity contribution in [2.45, 2.75) is 413 Å². The van der Waals surface area contributed by atoms with Crippen LogP contribution in [0.4, 0.5) is 0 Å². The molecule has 0 spiro atoms. The molecule has 19 heteroatoms. The van der Waals surface area contributed by atoms with E-state index in [2.05, 4.69) is 41.5 Å². The highest BCUT2D eigenvalue weighted by molar-refractivity contribution is 7.47. The van der Waals surface area contributed by atoms with Crippen LogP contribution in [0.15, 0.2) is 0 Å². The molecule has 0 aliphatic carbocycles. The van der Waals surface area contributed by atoms with E-state index in [9.17, 15) is 43.2 Å². The summed E-state index contributed by atoms with van der Waals surface area (Å²) >= 11 is 0. The van der Waals surface area contributed by atoms with Crippen LogP contribution in [-0.2, 0) is 65.4 Å². The Labute approximate surface area is 581 Å². The number of aliphatic hydroxyl groups is 1. The first-order valence-corrected chi connectivity index (χ1v) is 42.5. The zero-order chi connectivity index (χ0) is 70.0. The third-order valence-electron chi connectivity index (χ3n) is 17.7. The number of ether oxygens (including phenoxy) is 4. The summed E-state index contributed by atoms with van der Waals surface area (Å²) in [6, 6.07) is 0. The number of hydrogen-bond acceptors (Lipinski definition) is 15. The van der Waals surface area contributed by atoms with Crippen LogP contribution in [-0.4, -0.2) is 96.7 Å². The highest BCUT2D eigenvalue weighted by Crippen LogP contribution is 2.45. The van der Waals surface area contributed by atoms with Gasteiger partial charge in [0, 0.05) is 25.7 Å². The van der Waals surface area contributed by atoms with Crippen LogP contribution in [0.3, 0.4) is 0 Å². The molecule has 2 unspecified atom stereocenters. The molecule has 0 aliphatic heterocycles. The van der Waals surface area contributed by atoms with Crippen molar-refractivity contribution in [2.75, 3.05) is 39.6 Å². The minimum absolute atomic E-state index is 0.107. The van der Waals surface area contributed by atoms with Gasteiger partial charge in [-0.3, -0.25) is 37.3 Å². The van der Waals surface area contributed by atoms with Crippen LogP contribution in [0.25, 0.3) is 0 Å². The van der Waals surface area contributed by atoms with Crippen molar-refractivity contribution in [2.24, 2.45) is 11.8 Å². The van der Waals surface area contributed by atoms with Crippen molar-refractivity contribution in [1.29, 1.82) is 0 Å². The zero-order valence-corrected chi connectivity index (χ0v) is 63.8. The summed E-state index contributed by atoms with van der Waals surface area (Å²) in [5.74, 6) is -0.584. The summed E-state index contributed by atoms with van der Waals surface area (Å²) in [4.78, 5) is 72.8. The molecule has 0 fully saturated rings. The number of carbonyl (C=O) groups is 4. The molecule has 0 heterocycles. The maximum Gasteiger partial charge on any atom is 0.472 e. The van der Waals surface area contributed by atoms with Crippen molar-refractivity contribution >= 4 is 39.5 Å². The maximum atomic E-state index is 13.1. The zero-order valence-electron chi connectivity index (χ0n) is 62.0. The highest BCUT2D eigenvalue weighted by Gasteiger charge is 2.30. The lowest BCUT2D eigenvalue weighted by Crippen LogP contribution is -2.30. The molecule has 0 bridgehead atoms. The molecule has 0 saturated heterocycles. The van der Waals surface area contributed by atoms with Gasteiger partial charge in [-0.05, 0) is 37.5 Å². The van der Waals surface area contributed by atoms with E-state index in [1.165, 1.54) is 212 Å². The first-order valence-electron chi connectivity index (χ1n) is 39.5. The molecule has 0 aromatic carbocycles. The average molecular weight is 1400 g/mol. The Morgan fingerprint density at radius 2 is 0.484 bits per heavy atom. The standard InChI is InChI=1S/C76H148O17P2/c1-7-9-11-13-15-17-19-21-26-30-33-40-46-52-58-73(78)86-64-71(92-76(81)61-55-49-43-35-31-27-24-22-23-25-28-32-38-44-50-56-68(3)4)66-90-94(82,83)88-62-70(77)63-89-95(84,85)91-67-72(65-87-74(79)59-53-47-41-37-36-39-45-51-57-69(5)6)93-75(80)60-54-48-42-34-29-20-18-16-14-12-10-8-2/h68-72,77H,7-67H2,1-6H3,(H,82,83)(H,84,85)/t70-,71-,72-/m1/s1. The smallest absolute Gasteiger partial charge is 0.462 e. The molecule has 0 aliphatic rings. The Morgan fingerprint density at radius 1 is 0.284 bits per heavy atom. The fourth-order valence-electron chi connectivity index (χ4n) is 11.7. The van der Waals surface area contributed by atoms with Crippen LogP contribution in [0, 0.1) is 11.8 Å². The van der Waals surface area contributed by atoms with Gasteiger partial charge in [-0.25, -0.2) is 9.13 Å². The summed E-state index contributed by atoms with van der Waals surface area (Å²) in [5.41, 5.74) is 0. The van der Waals surface area contributed by atoms with Crippen molar-refractivity contribution in [3.63, 3.8) is 0 Å². The van der Waals surface area contributed by atoms with E-state index in [0.717, 1.165) is 102 Å². The van der Waals surface area contributed by atoms with E-state index in [1.807, 2.05) is 0 Å². The van der Waals surface area contributed by atoms with Gasteiger partial charge in [0.2, 0.25) is 0 Å². The number of rotatable bonds is 75. The van der Waals surface area contributed by atoms with Crippen LogP contribution < -0.4 is 0 Å². The predicted molar refractivity (Wildman–Crippen MR) is 386 cm³/mol. The summed E-state index contributed by atoms with van der Waals surface area (Å²) < 4.78 is 68.5. The molecule has 564 valence electrons. The van der Waals surface area contributed by atoms with Crippen molar-refractivity contribution in [3.8, 4) is 0 Å². The minimum Gasteiger partial charge on any atom is -0.462 e. The Bertz CT molecular complexity index is 1840. The van der Waals surface area contributed by atoms with Gasteiger partial charge in [-0.1, -0.05) is 343 Å². The summed E-state index contributed by atoms with van der Waals surface area (Å²) in [7, 11) is -9.91. The second kappa shape index (κ2) is 67.9. The van der Waals surface area contributed by atoms with E-state index >= 15 is 0 Å².